The average molecular weight is 384 g/mol. The molecule has 2 saturated heterocycles. The van der Waals surface area contributed by atoms with E-state index in [4.69, 9.17) is 4.74 Å². The molecular weight excluding hydrogens is 362 g/mol. The normalized spacial score (nSPS) is 21.2. The van der Waals surface area contributed by atoms with E-state index >= 15 is 0 Å². The Hall–Kier alpha value is -1.18. The Balaban J connectivity index is 1.72. The minimum absolute atomic E-state index is 0.188. The van der Waals surface area contributed by atoms with Crippen LogP contribution in [-0.4, -0.2) is 55.3 Å². The van der Waals surface area contributed by atoms with Gasteiger partial charge in [0.15, 0.2) is 0 Å². The van der Waals surface area contributed by atoms with Crippen molar-refractivity contribution in [3.63, 3.8) is 0 Å². The van der Waals surface area contributed by atoms with Gasteiger partial charge in [0.1, 0.15) is 5.69 Å². The van der Waals surface area contributed by atoms with Crippen LogP contribution in [0.3, 0.4) is 0 Å². The number of benzene rings is 1. The van der Waals surface area contributed by atoms with Crippen LogP contribution in [0.1, 0.15) is 19.3 Å². The van der Waals surface area contributed by atoms with Crippen molar-refractivity contribution in [1.82, 2.24) is 4.90 Å². The first-order valence-electron chi connectivity index (χ1n) is 8.16. The summed E-state index contributed by atoms with van der Waals surface area (Å²) in [7, 11) is 0. The molecule has 3 rings (SSSR count). The third-order valence-corrected chi connectivity index (χ3v) is 5.21. The fourth-order valence-corrected chi connectivity index (χ4v) is 3.85. The molecule has 1 aromatic rings. The monoisotopic (exact) mass is 383 g/mol. The second-order valence-electron chi connectivity index (χ2n) is 6.11. The number of rotatable bonds is 3. The van der Waals surface area contributed by atoms with Crippen LogP contribution in [0.5, 0.6) is 0 Å². The van der Waals surface area contributed by atoms with Crippen LogP contribution in [-0.2, 0) is 4.74 Å². The maximum Gasteiger partial charge on any atom is 0.292 e. The van der Waals surface area contributed by atoms with Crippen molar-refractivity contribution in [1.29, 1.82) is 0 Å². The Morgan fingerprint density at radius 2 is 1.96 bits per heavy atom. The molecule has 0 aliphatic carbocycles. The highest BCUT2D eigenvalue weighted by Gasteiger charge is 2.26. The van der Waals surface area contributed by atoms with Gasteiger partial charge in [-0.05, 0) is 31.4 Å². The lowest BCUT2D eigenvalue weighted by molar-refractivity contribution is -0.384. The SMILES string of the molecule is O=[N+]([O-])c1ccc(Br)cc1N1CCCN(C2CCOCC2)CC1. The number of nitro benzene ring substituents is 1. The molecule has 0 aromatic heterocycles. The Morgan fingerprint density at radius 3 is 2.70 bits per heavy atom. The van der Waals surface area contributed by atoms with Crippen LogP contribution in [0.4, 0.5) is 11.4 Å². The van der Waals surface area contributed by atoms with Crippen molar-refractivity contribution in [2.75, 3.05) is 44.3 Å². The molecule has 2 heterocycles. The van der Waals surface area contributed by atoms with Crippen LogP contribution >= 0.6 is 15.9 Å². The highest BCUT2D eigenvalue weighted by Crippen LogP contribution is 2.32. The maximum atomic E-state index is 11.3. The molecule has 0 N–H and O–H groups in total. The molecule has 0 radical (unpaired) electrons. The van der Waals surface area contributed by atoms with Crippen molar-refractivity contribution in [2.24, 2.45) is 0 Å². The van der Waals surface area contributed by atoms with Crippen LogP contribution < -0.4 is 4.90 Å². The van der Waals surface area contributed by atoms with E-state index in [1.807, 2.05) is 6.07 Å². The van der Waals surface area contributed by atoms with Crippen molar-refractivity contribution in [2.45, 2.75) is 25.3 Å². The van der Waals surface area contributed by atoms with Gasteiger partial charge in [-0.25, -0.2) is 0 Å². The summed E-state index contributed by atoms with van der Waals surface area (Å²) in [5, 5.41) is 11.3. The lowest BCUT2D eigenvalue weighted by atomic mass is 10.1. The number of ether oxygens (including phenoxy) is 1. The molecule has 2 fully saturated rings. The van der Waals surface area contributed by atoms with Gasteiger partial charge in [0.2, 0.25) is 0 Å². The van der Waals surface area contributed by atoms with Gasteiger partial charge in [-0.15, -0.1) is 0 Å². The molecule has 2 aliphatic heterocycles. The van der Waals surface area contributed by atoms with Gasteiger partial charge in [-0.3, -0.25) is 15.0 Å². The molecule has 23 heavy (non-hydrogen) atoms. The number of anilines is 1. The largest absolute Gasteiger partial charge is 0.381 e. The van der Waals surface area contributed by atoms with E-state index in [1.54, 1.807) is 12.1 Å². The Labute approximate surface area is 144 Å². The van der Waals surface area contributed by atoms with E-state index in [1.165, 1.54) is 0 Å². The maximum absolute atomic E-state index is 11.3. The van der Waals surface area contributed by atoms with Crippen molar-refractivity contribution >= 4 is 27.3 Å². The summed E-state index contributed by atoms with van der Waals surface area (Å²) in [6.07, 6.45) is 3.22. The lowest BCUT2D eigenvalue weighted by Gasteiger charge is -2.33. The van der Waals surface area contributed by atoms with Gasteiger partial charge >= 0.3 is 0 Å². The summed E-state index contributed by atoms with van der Waals surface area (Å²) in [6, 6.07) is 5.78. The summed E-state index contributed by atoms with van der Waals surface area (Å²) < 4.78 is 6.33. The van der Waals surface area contributed by atoms with E-state index in [2.05, 4.69) is 25.7 Å². The molecule has 126 valence electrons. The van der Waals surface area contributed by atoms with E-state index in [9.17, 15) is 10.1 Å². The van der Waals surface area contributed by atoms with Gasteiger partial charge in [0.25, 0.3) is 5.69 Å². The minimum atomic E-state index is -0.289. The Bertz CT molecular complexity index is 564. The molecule has 7 heteroatoms. The number of nitrogens with zero attached hydrogens (tertiary/aromatic N) is 3. The van der Waals surface area contributed by atoms with Crippen molar-refractivity contribution in [3.8, 4) is 0 Å². The molecule has 0 saturated carbocycles. The number of nitro groups is 1. The van der Waals surface area contributed by atoms with Gasteiger partial charge in [0.05, 0.1) is 4.92 Å². The Kier molecular flexibility index (Phi) is 5.50. The first-order chi connectivity index (χ1) is 11.1. The quantitative estimate of drug-likeness (QED) is 0.592. The molecule has 0 spiro atoms. The van der Waals surface area contributed by atoms with Crippen LogP contribution in [0.2, 0.25) is 0 Å². The standard InChI is InChI=1S/C16H22BrN3O3/c17-13-2-3-15(20(21)22)16(12-13)19-7-1-6-18(8-9-19)14-4-10-23-11-5-14/h2-3,12,14H,1,4-11H2. The predicted molar refractivity (Wildman–Crippen MR) is 93.0 cm³/mol. The van der Waals surface area contributed by atoms with E-state index in [0.717, 1.165) is 68.8 Å². The highest BCUT2D eigenvalue weighted by atomic mass is 79.9. The Morgan fingerprint density at radius 1 is 1.17 bits per heavy atom. The zero-order valence-electron chi connectivity index (χ0n) is 13.1. The fourth-order valence-electron chi connectivity index (χ4n) is 3.50. The van der Waals surface area contributed by atoms with Crippen LogP contribution in [0, 0.1) is 10.1 Å². The van der Waals surface area contributed by atoms with Gasteiger partial charge < -0.3 is 9.64 Å². The molecule has 0 bridgehead atoms. The van der Waals surface area contributed by atoms with Crippen LogP contribution in [0.25, 0.3) is 0 Å². The van der Waals surface area contributed by atoms with Crippen LogP contribution in [0.15, 0.2) is 22.7 Å². The topological polar surface area (TPSA) is 58.9 Å². The minimum Gasteiger partial charge on any atom is -0.381 e. The van der Waals surface area contributed by atoms with Crippen molar-refractivity contribution < 1.29 is 9.66 Å². The number of hydrogen-bond donors (Lipinski definition) is 0. The fraction of sp³-hybridized carbons (Fsp3) is 0.625. The first kappa shape index (κ1) is 16.7. The highest BCUT2D eigenvalue weighted by molar-refractivity contribution is 9.10. The van der Waals surface area contributed by atoms with E-state index in [-0.39, 0.29) is 10.6 Å². The smallest absolute Gasteiger partial charge is 0.292 e. The van der Waals surface area contributed by atoms with Gasteiger partial charge in [0, 0.05) is 56.0 Å². The zero-order chi connectivity index (χ0) is 16.2. The number of halogens is 1. The van der Waals surface area contributed by atoms with Crippen molar-refractivity contribution in [3.05, 3.63) is 32.8 Å². The summed E-state index contributed by atoms with van der Waals surface area (Å²) in [6.45, 7) is 5.40. The second kappa shape index (κ2) is 7.59. The third-order valence-electron chi connectivity index (χ3n) is 4.71. The molecule has 0 unspecified atom stereocenters. The zero-order valence-corrected chi connectivity index (χ0v) is 14.7. The third kappa shape index (κ3) is 4.02. The lowest BCUT2D eigenvalue weighted by Crippen LogP contribution is -2.41. The molecule has 1 aromatic carbocycles. The molecular formula is C16H22BrN3O3. The summed E-state index contributed by atoms with van der Waals surface area (Å²) in [4.78, 5) is 15.7. The van der Waals surface area contributed by atoms with E-state index in [0.29, 0.717) is 6.04 Å². The molecule has 0 amide bonds. The van der Waals surface area contributed by atoms with Gasteiger partial charge in [-0.2, -0.15) is 0 Å². The molecule has 2 aliphatic rings. The first-order valence-corrected chi connectivity index (χ1v) is 8.95. The predicted octanol–water partition coefficient (Wildman–Crippen LogP) is 3.05. The summed E-state index contributed by atoms with van der Waals surface area (Å²) in [5.74, 6) is 0. The summed E-state index contributed by atoms with van der Waals surface area (Å²) >= 11 is 3.43. The molecule has 0 atom stereocenters. The average Bonchev–Trinajstić information content (AvgIpc) is 2.81. The summed E-state index contributed by atoms with van der Waals surface area (Å²) in [5.41, 5.74) is 0.908. The molecule has 6 nitrogen and oxygen atoms in total. The van der Waals surface area contributed by atoms with E-state index < -0.39 is 0 Å². The van der Waals surface area contributed by atoms with Gasteiger partial charge in [-0.1, -0.05) is 15.9 Å². The number of hydrogen-bond acceptors (Lipinski definition) is 5. The second-order valence-corrected chi connectivity index (χ2v) is 7.03.